The van der Waals surface area contributed by atoms with Gasteiger partial charge in [-0.15, -0.1) is 0 Å². The molecule has 12 heavy (non-hydrogen) atoms. The molecule has 1 unspecified atom stereocenters. The number of aromatic nitrogens is 3. The lowest BCUT2D eigenvalue weighted by molar-refractivity contribution is 0.564. The van der Waals surface area contributed by atoms with Crippen LogP contribution in [0.4, 0.5) is 0 Å². The third-order valence-electron chi connectivity index (χ3n) is 1.98. The van der Waals surface area contributed by atoms with Crippen LogP contribution in [0.5, 0.6) is 0 Å². The maximum absolute atomic E-state index is 4.39. The molecule has 1 rings (SSSR count). The van der Waals surface area contributed by atoms with E-state index in [0.717, 1.165) is 18.1 Å². The van der Waals surface area contributed by atoms with Gasteiger partial charge >= 0.3 is 0 Å². The fourth-order valence-corrected chi connectivity index (χ4v) is 1.11. The smallest absolute Gasteiger partial charge is 0.150 e. The van der Waals surface area contributed by atoms with Crippen molar-refractivity contribution in [1.82, 2.24) is 20.1 Å². The maximum Gasteiger partial charge on any atom is 0.150 e. The van der Waals surface area contributed by atoms with Crippen molar-refractivity contribution in [3.63, 3.8) is 0 Å². The van der Waals surface area contributed by atoms with Gasteiger partial charge < -0.3 is 5.32 Å². The van der Waals surface area contributed by atoms with Gasteiger partial charge in [-0.1, -0.05) is 6.92 Å². The van der Waals surface area contributed by atoms with Gasteiger partial charge in [0, 0.05) is 13.5 Å². The summed E-state index contributed by atoms with van der Waals surface area (Å²) >= 11 is 0. The molecule has 1 N–H and O–H groups in total. The first-order valence-corrected chi connectivity index (χ1v) is 4.26. The molecule has 0 fully saturated rings. The number of nitrogens with zero attached hydrogens (tertiary/aromatic N) is 3. The first-order valence-electron chi connectivity index (χ1n) is 4.26. The zero-order chi connectivity index (χ0) is 9.14. The highest BCUT2D eigenvalue weighted by Crippen LogP contribution is 2.07. The highest BCUT2D eigenvalue weighted by molar-refractivity contribution is 4.97. The Morgan fingerprint density at radius 1 is 1.58 bits per heavy atom. The fourth-order valence-electron chi connectivity index (χ4n) is 1.11. The van der Waals surface area contributed by atoms with Crippen molar-refractivity contribution < 1.29 is 0 Å². The van der Waals surface area contributed by atoms with Gasteiger partial charge in [0.1, 0.15) is 5.82 Å². The van der Waals surface area contributed by atoms with Gasteiger partial charge in [0.05, 0.1) is 6.04 Å². The van der Waals surface area contributed by atoms with E-state index in [1.54, 1.807) is 0 Å². The van der Waals surface area contributed by atoms with Crippen LogP contribution in [0.25, 0.3) is 0 Å². The Bertz CT molecular complexity index is 254. The minimum Gasteiger partial charge on any atom is -0.311 e. The number of hydrogen-bond donors (Lipinski definition) is 1. The summed E-state index contributed by atoms with van der Waals surface area (Å²) in [5.41, 5.74) is 0. The molecule has 68 valence electrons. The first-order chi connectivity index (χ1) is 5.69. The number of nitrogens with one attached hydrogen (secondary N) is 1. The Hall–Kier alpha value is -0.900. The molecule has 0 aliphatic heterocycles. The molecule has 0 aromatic carbocycles. The molecule has 0 saturated carbocycles. The van der Waals surface area contributed by atoms with Crippen molar-refractivity contribution in [2.75, 3.05) is 7.05 Å². The molecule has 0 saturated heterocycles. The Balaban J connectivity index is 2.91. The molecule has 1 atom stereocenters. The zero-order valence-corrected chi connectivity index (χ0v) is 8.13. The molecule has 0 radical (unpaired) electrons. The molecule has 0 spiro atoms. The van der Waals surface area contributed by atoms with Crippen molar-refractivity contribution >= 4 is 0 Å². The number of aryl methyl sites for hydroxylation is 2. The van der Waals surface area contributed by atoms with E-state index in [9.17, 15) is 0 Å². The van der Waals surface area contributed by atoms with Crippen LogP contribution < -0.4 is 5.32 Å². The zero-order valence-electron chi connectivity index (χ0n) is 8.13. The van der Waals surface area contributed by atoms with E-state index in [1.165, 1.54) is 0 Å². The molecule has 4 heteroatoms. The lowest BCUT2D eigenvalue weighted by Crippen LogP contribution is -2.16. The van der Waals surface area contributed by atoms with Crippen LogP contribution in [0.1, 0.15) is 31.5 Å². The average molecular weight is 168 g/mol. The largest absolute Gasteiger partial charge is 0.311 e. The van der Waals surface area contributed by atoms with Gasteiger partial charge in [-0.3, -0.25) is 4.68 Å². The van der Waals surface area contributed by atoms with E-state index in [2.05, 4.69) is 29.2 Å². The number of hydrogen-bond acceptors (Lipinski definition) is 3. The predicted octanol–water partition coefficient (Wildman–Crippen LogP) is 0.658. The summed E-state index contributed by atoms with van der Waals surface area (Å²) in [6, 6.07) is 0.266. The molecular weight excluding hydrogens is 152 g/mol. The van der Waals surface area contributed by atoms with E-state index < -0.39 is 0 Å². The van der Waals surface area contributed by atoms with Crippen molar-refractivity contribution in [2.24, 2.45) is 7.05 Å². The quantitative estimate of drug-likeness (QED) is 0.721. The summed E-state index contributed by atoms with van der Waals surface area (Å²) in [5.74, 6) is 1.91. The second-order valence-corrected chi connectivity index (χ2v) is 2.87. The standard InChI is InChI=1S/C8H16N4/c1-5-7-10-8(6(2)9-3)12(4)11-7/h6,9H,5H2,1-4H3. The second-order valence-electron chi connectivity index (χ2n) is 2.87. The monoisotopic (exact) mass is 168 g/mol. The molecule has 0 aliphatic rings. The van der Waals surface area contributed by atoms with Crippen molar-refractivity contribution in [2.45, 2.75) is 26.3 Å². The Kier molecular flexibility index (Phi) is 2.81. The average Bonchev–Trinajstić information content (AvgIpc) is 2.45. The highest BCUT2D eigenvalue weighted by Gasteiger charge is 2.10. The topological polar surface area (TPSA) is 42.7 Å². The summed E-state index contributed by atoms with van der Waals surface area (Å²) in [7, 11) is 3.85. The lowest BCUT2D eigenvalue weighted by atomic mass is 10.3. The molecule has 4 nitrogen and oxygen atoms in total. The Morgan fingerprint density at radius 2 is 2.25 bits per heavy atom. The second kappa shape index (κ2) is 3.67. The molecular formula is C8H16N4. The van der Waals surface area contributed by atoms with Crippen LogP contribution in [-0.4, -0.2) is 21.8 Å². The fraction of sp³-hybridized carbons (Fsp3) is 0.750. The van der Waals surface area contributed by atoms with Gasteiger partial charge in [0.15, 0.2) is 5.82 Å². The van der Waals surface area contributed by atoms with Crippen LogP contribution in [-0.2, 0) is 13.5 Å². The van der Waals surface area contributed by atoms with Crippen LogP contribution in [0, 0.1) is 0 Å². The third kappa shape index (κ3) is 1.64. The SMILES string of the molecule is CCc1nc(C(C)NC)n(C)n1. The highest BCUT2D eigenvalue weighted by atomic mass is 15.3. The van der Waals surface area contributed by atoms with E-state index >= 15 is 0 Å². The van der Waals surface area contributed by atoms with Crippen molar-refractivity contribution in [1.29, 1.82) is 0 Å². The molecule has 1 aromatic rings. The van der Waals surface area contributed by atoms with Crippen LogP contribution in [0.15, 0.2) is 0 Å². The summed E-state index contributed by atoms with van der Waals surface area (Å²) in [6.45, 7) is 4.13. The summed E-state index contributed by atoms with van der Waals surface area (Å²) in [4.78, 5) is 4.39. The number of rotatable bonds is 3. The van der Waals surface area contributed by atoms with Gasteiger partial charge in [-0.05, 0) is 14.0 Å². The van der Waals surface area contributed by atoms with Gasteiger partial charge in [-0.2, -0.15) is 5.10 Å². The first kappa shape index (κ1) is 9.19. The van der Waals surface area contributed by atoms with Gasteiger partial charge in [-0.25, -0.2) is 4.98 Å². The van der Waals surface area contributed by atoms with Crippen molar-refractivity contribution in [3.8, 4) is 0 Å². The van der Waals surface area contributed by atoms with Gasteiger partial charge in [0.2, 0.25) is 0 Å². The van der Waals surface area contributed by atoms with Crippen molar-refractivity contribution in [3.05, 3.63) is 11.6 Å². The molecule has 0 aliphatic carbocycles. The van der Waals surface area contributed by atoms with Crippen LogP contribution in [0.2, 0.25) is 0 Å². The van der Waals surface area contributed by atoms with E-state index in [-0.39, 0.29) is 6.04 Å². The lowest BCUT2D eigenvalue weighted by Gasteiger charge is -2.07. The van der Waals surface area contributed by atoms with Gasteiger partial charge in [0.25, 0.3) is 0 Å². The summed E-state index contributed by atoms with van der Waals surface area (Å²) in [5, 5.41) is 7.40. The normalized spacial score (nSPS) is 13.3. The minimum atomic E-state index is 0.266. The molecule has 0 bridgehead atoms. The molecule has 1 heterocycles. The minimum absolute atomic E-state index is 0.266. The molecule has 0 amide bonds. The van der Waals surface area contributed by atoms with E-state index in [4.69, 9.17) is 0 Å². The summed E-state index contributed by atoms with van der Waals surface area (Å²) in [6.07, 6.45) is 0.893. The Labute approximate surface area is 73.0 Å². The van der Waals surface area contributed by atoms with Crippen LogP contribution >= 0.6 is 0 Å². The predicted molar refractivity (Wildman–Crippen MR) is 47.9 cm³/mol. The van der Waals surface area contributed by atoms with E-state index in [1.807, 2.05) is 18.8 Å². The third-order valence-corrected chi connectivity index (χ3v) is 1.98. The van der Waals surface area contributed by atoms with Crippen LogP contribution in [0.3, 0.4) is 0 Å². The van der Waals surface area contributed by atoms with E-state index in [0.29, 0.717) is 0 Å². The maximum atomic E-state index is 4.39. The Morgan fingerprint density at radius 3 is 2.67 bits per heavy atom. The molecule has 1 aromatic heterocycles. The summed E-state index contributed by atoms with van der Waals surface area (Å²) < 4.78 is 1.83.